The molecule has 0 bridgehead atoms. The number of aliphatic carboxylic acids is 1. The minimum Gasteiger partial charge on any atom is -0.481 e. The van der Waals surface area contributed by atoms with Crippen LogP contribution in [-0.4, -0.2) is 22.8 Å². The number of primary amides is 1. The van der Waals surface area contributed by atoms with Crippen molar-refractivity contribution in [3.63, 3.8) is 0 Å². The lowest BCUT2D eigenvalue weighted by Gasteiger charge is -2.33. The first kappa shape index (κ1) is 11.1. The van der Waals surface area contributed by atoms with Crippen LogP contribution < -0.4 is 22.5 Å². The normalized spacial score (nSPS) is 29.4. The number of carboxylic acids is 1. The Hall–Kier alpha value is -2.02. The summed E-state index contributed by atoms with van der Waals surface area (Å²) < 4.78 is 0. The van der Waals surface area contributed by atoms with Crippen LogP contribution in [0.4, 0.5) is 4.79 Å². The summed E-state index contributed by atoms with van der Waals surface area (Å²) in [6.07, 6.45) is 3.96. The van der Waals surface area contributed by atoms with E-state index < -0.39 is 23.6 Å². The van der Waals surface area contributed by atoms with Gasteiger partial charge in [-0.3, -0.25) is 4.79 Å². The highest BCUT2D eigenvalue weighted by molar-refractivity contribution is 5.79. The van der Waals surface area contributed by atoms with Crippen LogP contribution in [0.15, 0.2) is 23.9 Å². The molecule has 0 heterocycles. The van der Waals surface area contributed by atoms with E-state index in [1.807, 2.05) is 0 Å². The number of nitrogens with one attached hydrogen (secondary N) is 1. The van der Waals surface area contributed by atoms with Crippen molar-refractivity contribution in [3.05, 3.63) is 23.9 Å². The third kappa shape index (κ3) is 2.26. The second-order valence-electron chi connectivity index (χ2n) is 3.24. The summed E-state index contributed by atoms with van der Waals surface area (Å²) in [6.45, 7) is 0. The van der Waals surface area contributed by atoms with Crippen LogP contribution in [0.5, 0.6) is 0 Å². The van der Waals surface area contributed by atoms with Crippen LogP contribution in [0.2, 0.25) is 0 Å². The van der Waals surface area contributed by atoms with Gasteiger partial charge in [-0.2, -0.15) is 0 Å². The molecular weight excluding hydrogens is 200 g/mol. The fourth-order valence-corrected chi connectivity index (χ4v) is 1.39. The van der Waals surface area contributed by atoms with E-state index in [4.69, 9.17) is 22.3 Å². The maximum absolute atomic E-state index is 10.9. The molecule has 0 fully saturated rings. The minimum atomic E-state index is -1.59. The second kappa shape index (κ2) is 3.62. The van der Waals surface area contributed by atoms with Crippen molar-refractivity contribution < 1.29 is 14.7 Å². The molecule has 7 heteroatoms. The van der Waals surface area contributed by atoms with Gasteiger partial charge in [-0.15, -0.1) is 0 Å². The van der Waals surface area contributed by atoms with E-state index in [0.29, 0.717) is 0 Å². The third-order valence-corrected chi connectivity index (χ3v) is 2.01. The van der Waals surface area contributed by atoms with E-state index in [-0.39, 0.29) is 5.70 Å². The van der Waals surface area contributed by atoms with Crippen LogP contribution in [0, 0.1) is 5.92 Å². The molecule has 0 aliphatic heterocycles. The van der Waals surface area contributed by atoms with Gasteiger partial charge in [0.2, 0.25) is 0 Å². The van der Waals surface area contributed by atoms with Crippen molar-refractivity contribution in [2.45, 2.75) is 5.66 Å². The Bertz CT molecular complexity index is 363. The molecule has 82 valence electrons. The smallest absolute Gasteiger partial charge is 0.314 e. The third-order valence-electron chi connectivity index (χ3n) is 2.01. The lowest BCUT2D eigenvalue weighted by molar-refractivity contribution is -0.141. The van der Waals surface area contributed by atoms with Crippen LogP contribution >= 0.6 is 0 Å². The van der Waals surface area contributed by atoms with E-state index in [0.717, 1.165) is 0 Å². The van der Waals surface area contributed by atoms with E-state index in [1.54, 1.807) is 0 Å². The van der Waals surface area contributed by atoms with Crippen molar-refractivity contribution >= 4 is 12.0 Å². The first-order chi connectivity index (χ1) is 6.85. The zero-order chi connectivity index (χ0) is 11.6. The minimum absolute atomic E-state index is 0.267. The number of hydrogen-bond acceptors (Lipinski definition) is 4. The van der Waals surface area contributed by atoms with Gasteiger partial charge in [0, 0.05) is 5.70 Å². The predicted molar refractivity (Wildman–Crippen MR) is 52.2 cm³/mol. The Kier molecular flexibility index (Phi) is 2.67. The molecular formula is C8H12N4O3. The summed E-state index contributed by atoms with van der Waals surface area (Å²) in [5, 5.41) is 11.0. The molecule has 0 aromatic carbocycles. The predicted octanol–water partition coefficient (Wildman–Crippen LogP) is -1.58. The number of carbonyl (C=O) groups is 2. The summed E-state index contributed by atoms with van der Waals surface area (Å²) in [6, 6.07) is -0.914. The number of amides is 2. The zero-order valence-electron chi connectivity index (χ0n) is 7.81. The molecule has 0 aromatic rings. The topological polar surface area (TPSA) is 144 Å². The first-order valence-electron chi connectivity index (χ1n) is 4.11. The Morgan fingerprint density at radius 2 is 2.13 bits per heavy atom. The molecule has 0 saturated carbocycles. The van der Waals surface area contributed by atoms with Crippen molar-refractivity contribution in [2.24, 2.45) is 23.1 Å². The Balaban J connectivity index is 3.04. The fraction of sp³-hybridized carbons (Fsp3) is 0.250. The molecule has 1 rings (SSSR count). The van der Waals surface area contributed by atoms with Gasteiger partial charge >= 0.3 is 12.0 Å². The van der Waals surface area contributed by atoms with E-state index in [2.05, 4.69) is 5.32 Å². The van der Waals surface area contributed by atoms with E-state index in [1.165, 1.54) is 18.2 Å². The van der Waals surface area contributed by atoms with Gasteiger partial charge in [-0.25, -0.2) is 4.79 Å². The Morgan fingerprint density at radius 3 is 2.60 bits per heavy atom. The number of carbonyl (C=O) groups excluding carboxylic acids is 1. The van der Waals surface area contributed by atoms with Crippen molar-refractivity contribution in [3.8, 4) is 0 Å². The average Bonchev–Trinajstić information content (AvgIpc) is 1.99. The van der Waals surface area contributed by atoms with Crippen LogP contribution in [0.25, 0.3) is 0 Å². The summed E-state index contributed by atoms with van der Waals surface area (Å²) in [5.41, 5.74) is 14.7. The van der Waals surface area contributed by atoms with Gasteiger partial charge in [0.1, 0.15) is 11.6 Å². The quantitative estimate of drug-likeness (QED) is 0.351. The maximum atomic E-state index is 10.9. The van der Waals surface area contributed by atoms with Gasteiger partial charge < -0.3 is 27.6 Å². The number of urea groups is 1. The SMILES string of the molecule is NC(=O)NC1(N)C=C(N)C=CC1C(=O)O. The molecule has 7 nitrogen and oxygen atoms in total. The summed E-state index contributed by atoms with van der Waals surface area (Å²) in [4.78, 5) is 21.6. The van der Waals surface area contributed by atoms with Crippen LogP contribution in [-0.2, 0) is 4.79 Å². The molecule has 2 atom stereocenters. The van der Waals surface area contributed by atoms with E-state index >= 15 is 0 Å². The first-order valence-corrected chi connectivity index (χ1v) is 4.11. The van der Waals surface area contributed by atoms with Crippen molar-refractivity contribution in [2.75, 3.05) is 0 Å². The number of allylic oxidation sites excluding steroid dienone is 1. The van der Waals surface area contributed by atoms with Gasteiger partial charge in [0.05, 0.1) is 0 Å². The fourth-order valence-electron chi connectivity index (χ4n) is 1.39. The zero-order valence-corrected chi connectivity index (χ0v) is 7.81. The van der Waals surface area contributed by atoms with Crippen molar-refractivity contribution in [1.82, 2.24) is 5.32 Å². The number of hydrogen-bond donors (Lipinski definition) is 5. The summed E-state index contributed by atoms with van der Waals surface area (Å²) in [7, 11) is 0. The van der Waals surface area contributed by atoms with Gasteiger partial charge in [-0.1, -0.05) is 6.08 Å². The van der Waals surface area contributed by atoms with E-state index in [9.17, 15) is 9.59 Å². The van der Waals surface area contributed by atoms with Crippen LogP contribution in [0.3, 0.4) is 0 Å². The highest BCUT2D eigenvalue weighted by Gasteiger charge is 2.39. The molecule has 0 aromatic heterocycles. The van der Waals surface area contributed by atoms with Gasteiger partial charge in [0.15, 0.2) is 0 Å². The monoisotopic (exact) mass is 212 g/mol. The molecule has 0 saturated heterocycles. The highest BCUT2D eigenvalue weighted by atomic mass is 16.4. The Morgan fingerprint density at radius 1 is 1.53 bits per heavy atom. The number of carboxylic acid groups (broad SMARTS) is 1. The molecule has 8 N–H and O–H groups in total. The van der Waals surface area contributed by atoms with Gasteiger partial charge in [-0.05, 0) is 12.2 Å². The molecule has 0 radical (unpaired) electrons. The molecule has 1 aliphatic rings. The Labute approximate surface area is 85.6 Å². The lowest BCUT2D eigenvalue weighted by atomic mass is 9.88. The molecule has 15 heavy (non-hydrogen) atoms. The second-order valence-corrected chi connectivity index (χ2v) is 3.24. The lowest BCUT2D eigenvalue weighted by Crippen LogP contribution is -2.63. The molecule has 2 amide bonds. The van der Waals surface area contributed by atoms with Gasteiger partial charge in [0.25, 0.3) is 0 Å². The number of nitrogens with two attached hydrogens (primary N) is 3. The summed E-state index contributed by atoms with van der Waals surface area (Å²) >= 11 is 0. The summed E-state index contributed by atoms with van der Waals surface area (Å²) in [5.74, 6) is -2.27. The molecule has 1 aliphatic carbocycles. The standard InChI is InChI=1S/C8H12N4O3/c9-4-1-2-5(6(13)14)8(11,3-4)12-7(10)15/h1-3,5H,9,11H2,(H,13,14)(H3,10,12,15). The van der Waals surface area contributed by atoms with Crippen LogP contribution in [0.1, 0.15) is 0 Å². The molecule has 0 spiro atoms. The largest absolute Gasteiger partial charge is 0.481 e. The van der Waals surface area contributed by atoms with Crippen molar-refractivity contribution in [1.29, 1.82) is 0 Å². The number of rotatable bonds is 2. The highest BCUT2D eigenvalue weighted by Crippen LogP contribution is 2.21. The average molecular weight is 212 g/mol. The maximum Gasteiger partial charge on any atom is 0.314 e. The molecule has 2 unspecified atom stereocenters.